The minimum Gasteiger partial charge on any atom is -0.350 e. The second-order valence-corrected chi connectivity index (χ2v) is 8.72. The first-order valence-electron chi connectivity index (χ1n) is 9.94. The zero-order valence-electron chi connectivity index (χ0n) is 17.5. The van der Waals surface area contributed by atoms with Crippen molar-refractivity contribution in [3.8, 4) is 0 Å². The Hall–Kier alpha value is -2.11. The molecule has 0 saturated carbocycles. The van der Waals surface area contributed by atoms with Crippen LogP contribution in [0.4, 0.5) is 0 Å². The van der Waals surface area contributed by atoms with E-state index in [9.17, 15) is 14.4 Å². The maximum absolute atomic E-state index is 13.2. The van der Waals surface area contributed by atoms with Gasteiger partial charge in [-0.15, -0.1) is 0 Å². The Morgan fingerprint density at radius 1 is 1.19 bits per heavy atom. The molecule has 6 heteroatoms. The molecule has 1 aromatic heterocycles. The average Bonchev–Trinajstić information content (AvgIpc) is 2.59. The summed E-state index contributed by atoms with van der Waals surface area (Å²) >= 11 is 0. The molecule has 0 aromatic carbocycles. The van der Waals surface area contributed by atoms with E-state index < -0.39 is 16.9 Å². The molecule has 0 radical (unpaired) electrons. The summed E-state index contributed by atoms with van der Waals surface area (Å²) in [5.74, 6) is -0.700. The summed E-state index contributed by atoms with van der Waals surface area (Å²) in [7, 11) is 0. The number of pyridine rings is 1. The summed E-state index contributed by atoms with van der Waals surface area (Å²) in [5, 5.41) is 2.83. The summed E-state index contributed by atoms with van der Waals surface area (Å²) in [5.41, 5.74) is -0.842. The zero-order valence-corrected chi connectivity index (χ0v) is 17.5. The lowest BCUT2D eigenvalue weighted by molar-refractivity contribution is 0.0605. The van der Waals surface area contributed by atoms with Gasteiger partial charge in [-0.1, -0.05) is 6.92 Å². The number of carbonyl (C=O) groups is 2. The molecule has 1 fully saturated rings. The number of nitrogens with zero attached hydrogens (tertiary/aromatic N) is 2. The normalized spacial score (nSPS) is 17.9. The van der Waals surface area contributed by atoms with Gasteiger partial charge in [0.25, 0.3) is 11.8 Å². The summed E-state index contributed by atoms with van der Waals surface area (Å²) in [6.07, 6.45) is 7.04. The van der Waals surface area contributed by atoms with Crippen molar-refractivity contribution in [1.82, 2.24) is 14.8 Å². The first-order valence-corrected chi connectivity index (χ1v) is 9.94. The molecule has 27 heavy (non-hydrogen) atoms. The Morgan fingerprint density at radius 2 is 1.81 bits per heavy atom. The number of hydrogen-bond acceptors (Lipinski definition) is 3. The molecule has 0 spiro atoms. The molecule has 1 atom stereocenters. The number of hydrogen-bond donors (Lipinski definition) is 1. The van der Waals surface area contributed by atoms with Crippen LogP contribution < -0.4 is 10.7 Å². The minimum atomic E-state index is -0.487. The van der Waals surface area contributed by atoms with E-state index in [1.54, 1.807) is 17.0 Å². The van der Waals surface area contributed by atoms with Gasteiger partial charge in [-0.2, -0.15) is 0 Å². The van der Waals surface area contributed by atoms with E-state index in [0.717, 1.165) is 25.7 Å². The molecule has 0 aliphatic carbocycles. The maximum Gasteiger partial charge on any atom is 0.259 e. The molecule has 2 rings (SSSR count). The number of likely N-dealkylation sites (tertiary alicyclic amines) is 1. The Kier molecular flexibility index (Phi) is 6.50. The molecule has 2 amide bonds. The quantitative estimate of drug-likeness (QED) is 0.877. The number of rotatable bonds is 4. The van der Waals surface area contributed by atoms with Crippen LogP contribution in [0, 0.1) is 0 Å². The molecular formula is C21H33N3O3. The highest BCUT2D eigenvalue weighted by Gasteiger charge is 2.30. The fraction of sp³-hybridized carbons (Fsp3) is 0.667. The topological polar surface area (TPSA) is 71.4 Å². The number of piperidine rings is 1. The highest BCUT2D eigenvalue weighted by atomic mass is 16.2. The van der Waals surface area contributed by atoms with Crippen LogP contribution in [0.15, 0.2) is 17.2 Å². The van der Waals surface area contributed by atoms with Crippen molar-refractivity contribution in [2.24, 2.45) is 0 Å². The molecule has 6 nitrogen and oxygen atoms in total. The van der Waals surface area contributed by atoms with Gasteiger partial charge in [-0.25, -0.2) is 0 Å². The van der Waals surface area contributed by atoms with Crippen molar-refractivity contribution in [2.75, 3.05) is 6.54 Å². The second-order valence-electron chi connectivity index (χ2n) is 8.72. The highest BCUT2D eigenvalue weighted by molar-refractivity contribution is 5.99. The van der Waals surface area contributed by atoms with Gasteiger partial charge in [-0.3, -0.25) is 14.4 Å². The number of carbonyl (C=O) groups excluding carboxylic acids is 2. The van der Waals surface area contributed by atoms with Gasteiger partial charge < -0.3 is 14.8 Å². The predicted molar refractivity (Wildman–Crippen MR) is 107 cm³/mol. The molecule has 0 bridgehead atoms. The van der Waals surface area contributed by atoms with E-state index in [4.69, 9.17) is 0 Å². The molecule has 150 valence electrons. The summed E-state index contributed by atoms with van der Waals surface area (Å²) in [6.45, 7) is 12.2. The van der Waals surface area contributed by atoms with Crippen molar-refractivity contribution < 1.29 is 9.59 Å². The fourth-order valence-electron chi connectivity index (χ4n) is 3.47. The highest BCUT2D eigenvalue weighted by Crippen LogP contribution is 2.21. The summed E-state index contributed by atoms with van der Waals surface area (Å²) in [4.78, 5) is 40.7. The van der Waals surface area contributed by atoms with Gasteiger partial charge in [0.1, 0.15) is 11.1 Å². The van der Waals surface area contributed by atoms with E-state index in [0.29, 0.717) is 6.54 Å². The largest absolute Gasteiger partial charge is 0.350 e. The van der Waals surface area contributed by atoms with E-state index in [1.807, 2.05) is 39.5 Å². The third kappa shape index (κ3) is 4.99. The Balaban J connectivity index is 2.50. The Labute approximate surface area is 161 Å². The third-order valence-electron chi connectivity index (χ3n) is 4.96. The lowest BCUT2D eigenvalue weighted by atomic mass is 9.98. The first-order chi connectivity index (χ1) is 12.5. The van der Waals surface area contributed by atoms with Crippen molar-refractivity contribution in [2.45, 2.75) is 84.8 Å². The van der Waals surface area contributed by atoms with E-state index >= 15 is 0 Å². The van der Waals surface area contributed by atoms with Crippen LogP contribution in [0.3, 0.4) is 0 Å². The number of nitrogens with one attached hydrogen (secondary N) is 1. The van der Waals surface area contributed by atoms with Gasteiger partial charge in [0.15, 0.2) is 0 Å². The van der Waals surface area contributed by atoms with Gasteiger partial charge in [0, 0.05) is 36.6 Å². The lowest BCUT2D eigenvalue weighted by Gasteiger charge is -2.35. The van der Waals surface area contributed by atoms with E-state index in [2.05, 4.69) is 12.2 Å². The van der Waals surface area contributed by atoms with Crippen LogP contribution in [-0.2, 0) is 0 Å². The monoisotopic (exact) mass is 375 g/mol. The van der Waals surface area contributed by atoms with Crippen molar-refractivity contribution in [3.63, 3.8) is 0 Å². The summed E-state index contributed by atoms with van der Waals surface area (Å²) in [6, 6.07) is 0.187. The molecule has 1 aromatic rings. The van der Waals surface area contributed by atoms with Crippen molar-refractivity contribution >= 4 is 11.8 Å². The summed E-state index contributed by atoms with van der Waals surface area (Å²) < 4.78 is 1.77. The fourth-order valence-corrected chi connectivity index (χ4v) is 3.47. The molecule has 1 aliphatic rings. The van der Waals surface area contributed by atoms with Crippen molar-refractivity contribution in [1.29, 1.82) is 0 Å². The Bertz CT molecular complexity index is 759. The van der Waals surface area contributed by atoms with E-state index in [1.165, 1.54) is 0 Å². The van der Waals surface area contributed by atoms with Gasteiger partial charge in [-0.05, 0) is 60.3 Å². The molecule has 1 N–H and O–H groups in total. The Morgan fingerprint density at radius 3 is 2.37 bits per heavy atom. The molecule has 1 saturated heterocycles. The van der Waals surface area contributed by atoms with Crippen LogP contribution in [0.1, 0.15) is 94.0 Å². The second kappa shape index (κ2) is 8.28. The van der Waals surface area contributed by atoms with Crippen LogP contribution >= 0.6 is 0 Å². The SMILES string of the molecule is CC[C@H]1CCCCN1C(=O)c1cn(C(C)C)cc(C(=O)NC(C)(C)C)c1=O. The minimum absolute atomic E-state index is 0.0227. The number of amides is 2. The lowest BCUT2D eigenvalue weighted by Crippen LogP contribution is -2.46. The zero-order chi connectivity index (χ0) is 20.4. The molecular weight excluding hydrogens is 342 g/mol. The molecule has 2 heterocycles. The molecule has 0 unspecified atom stereocenters. The predicted octanol–water partition coefficient (Wildman–Crippen LogP) is 3.36. The van der Waals surface area contributed by atoms with Crippen LogP contribution in [0.5, 0.6) is 0 Å². The van der Waals surface area contributed by atoms with Gasteiger partial charge >= 0.3 is 0 Å². The van der Waals surface area contributed by atoms with E-state index in [-0.39, 0.29) is 29.1 Å². The van der Waals surface area contributed by atoms with Crippen molar-refractivity contribution in [3.05, 3.63) is 33.7 Å². The van der Waals surface area contributed by atoms with Crippen LogP contribution in [0.2, 0.25) is 0 Å². The van der Waals surface area contributed by atoms with Crippen LogP contribution in [0.25, 0.3) is 0 Å². The smallest absolute Gasteiger partial charge is 0.259 e. The number of aromatic nitrogens is 1. The maximum atomic E-state index is 13.2. The first kappa shape index (κ1) is 21.2. The molecule has 1 aliphatic heterocycles. The third-order valence-corrected chi connectivity index (χ3v) is 4.96. The van der Waals surface area contributed by atoms with Crippen LogP contribution in [-0.4, -0.2) is 39.4 Å². The average molecular weight is 376 g/mol. The van der Waals surface area contributed by atoms with Gasteiger partial charge in [0.05, 0.1) is 0 Å². The standard InChI is InChI=1S/C21H33N3O3/c1-7-15-10-8-9-11-24(15)20(27)17-13-23(14(2)3)12-16(18(17)25)19(26)22-21(4,5)6/h12-15H,7-11H2,1-6H3,(H,22,26)/t15-/m0/s1. The van der Waals surface area contributed by atoms with Gasteiger partial charge in [0.2, 0.25) is 5.43 Å².